The Morgan fingerprint density at radius 2 is 1.89 bits per heavy atom. The van der Waals surface area contributed by atoms with E-state index in [0.29, 0.717) is 11.3 Å². The smallest absolute Gasteiger partial charge is 0.0333 e. The third-order valence-electron chi connectivity index (χ3n) is 1.80. The maximum Gasteiger partial charge on any atom is 0.0333 e. The molecule has 0 aliphatic carbocycles. The lowest BCUT2D eigenvalue weighted by molar-refractivity contribution is 0.498. The Labute approximate surface area is 63.6 Å². The highest BCUT2D eigenvalue weighted by molar-refractivity contribution is 6.20. The molecule has 0 aliphatic heterocycles. The van der Waals surface area contributed by atoms with E-state index in [-0.39, 0.29) is 0 Å². The molecule has 0 aromatic heterocycles. The molecule has 0 aromatic rings. The van der Waals surface area contributed by atoms with Gasteiger partial charge in [0.1, 0.15) is 0 Å². The molecular weight excluding hydrogens is 132 g/mol. The molecule has 0 saturated heterocycles. The van der Waals surface area contributed by atoms with Crippen LogP contribution in [0, 0.1) is 5.92 Å². The molecule has 0 saturated carbocycles. The number of halogens is 1. The number of rotatable bonds is 4. The molecule has 0 bridgehead atoms. The molecule has 0 radical (unpaired) electrons. The average molecular weight is 149 g/mol. The van der Waals surface area contributed by atoms with E-state index in [0.717, 1.165) is 0 Å². The van der Waals surface area contributed by atoms with Crippen molar-refractivity contribution in [2.75, 3.05) is 0 Å². The fourth-order valence-corrected chi connectivity index (χ4v) is 0.882. The zero-order chi connectivity index (χ0) is 7.28. The summed E-state index contributed by atoms with van der Waals surface area (Å²) in [7, 11) is 0. The highest BCUT2D eigenvalue weighted by Crippen LogP contribution is 2.15. The van der Waals surface area contributed by atoms with E-state index in [4.69, 9.17) is 11.6 Å². The fourth-order valence-electron chi connectivity index (χ4n) is 0.756. The van der Waals surface area contributed by atoms with Crippen molar-refractivity contribution in [3.8, 4) is 0 Å². The molecule has 0 fully saturated rings. The lowest BCUT2D eigenvalue weighted by Crippen LogP contribution is -2.05. The van der Waals surface area contributed by atoms with Gasteiger partial charge in [0.2, 0.25) is 0 Å². The van der Waals surface area contributed by atoms with Crippen molar-refractivity contribution in [2.45, 2.75) is 45.4 Å². The molecule has 56 valence electrons. The molecular formula is C8H17Cl. The molecule has 9 heavy (non-hydrogen) atoms. The zero-order valence-electron chi connectivity index (χ0n) is 6.65. The summed E-state index contributed by atoms with van der Waals surface area (Å²) in [6.45, 7) is 6.50. The first-order valence-corrected chi connectivity index (χ1v) is 4.26. The lowest BCUT2D eigenvalue weighted by atomic mass is 10.0. The molecule has 1 unspecified atom stereocenters. The Hall–Kier alpha value is 0.290. The summed E-state index contributed by atoms with van der Waals surface area (Å²) in [5.74, 6) is 0.687. The van der Waals surface area contributed by atoms with Crippen molar-refractivity contribution in [3.05, 3.63) is 0 Å². The van der Waals surface area contributed by atoms with Crippen LogP contribution < -0.4 is 0 Å². The average Bonchev–Trinajstić information content (AvgIpc) is 1.82. The molecule has 2 atom stereocenters. The summed E-state index contributed by atoms with van der Waals surface area (Å²) in [5.41, 5.74) is 0. The predicted octanol–water partition coefficient (Wildman–Crippen LogP) is 3.44. The molecule has 0 nitrogen and oxygen atoms in total. The highest BCUT2D eigenvalue weighted by atomic mass is 35.5. The van der Waals surface area contributed by atoms with E-state index in [1.54, 1.807) is 0 Å². The van der Waals surface area contributed by atoms with Crippen LogP contribution in [0.15, 0.2) is 0 Å². The van der Waals surface area contributed by atoms with Crippen molar-refractivity contribution < 1.29 is 0 Å². The van der Waals surface area contributed by atoms with E-state index >= 15 is 0 Å². The monoisotopic (exact) mass is 148 g/mol. The molecule has 0 aromatic carbocycles. The SMILES string of the molecule is CCCCC(C)[C@@H](C)Cl. The minimum absolute atomic E-state index is 0.344. The molecule has 0 amide bonds. The van der Waals surface area contributed by atoms with Crippen LogP contribution in [-0.4, -0.2) is 5.38 Å². The van der Waals surface area contributed by atoms with Crippen molar-refractivity contribution in [1.82, 2.24) is 0 Å². The Bertz CT molecular complexity index is 59.6. The van der Waals surface area contributed by atoms with Crippen molar-refractivity contribution in [1.29, 1.82) is 0 Å². The standard InChI is InChI=1S/C8H17Cl/c1-4-5-6-7(2)8(3)9/h7-8H,4-6H2,1-3H3/t7?,8-/m1/s1. The van der Waals surface area contributed by atoms with Gasteiger partial charge in [-0.2, -0.15) is 0 Å². The van der Waals surface area contributed by atoms with Gasteiger partial charge >= 0.3 is 0 Å². The maximum absolute atomic E-state index is 5.86. The first-order chi connectivity index (χ1) is 4.18. The quantitative estimate of drug-likeness (QED) is 0.536. The Morgan fingerprint density at radius 1 is 1.33 bits per heavy atom. The van der Waals surface area contributed by atoms with E-state index < -0.39 is 0 Å². The number of alkyl halides is 1. The second-order valence-corrected chi connectivity index (χ2v) is 3.49. The van der Waals surface area contributed by atoms with Crippen LogP contribution in [0.5, 0.6) is 0 Å². The number of hydrogen-bond donors (Lipinski definition) is 0. The van der Waals surface area contributed by atoms with Gasteiger partial charge in [-0.25, -0.2) is 0 Å². The van der Waals surface area contributed by atoms with Gasteiger partial charge in [-0.1, -0.05) is 26.7 Å². The Balaban J connectivity index is 3.16. The van der Waals surface area contributed by atoms with Gasteiger partial charge in [0, 0.05) is 5.38 Å². The zero-order valence-corrected chi connectivity index (χ0v) is 7.41. The van der Waals surface area contributed by atoms with Crippen molar-refractivity contribution in [2.24, 2.45) is 5.92 Å². The lowest BCUT2D eigenvalue weighted by Gasteiger charge is -2.11. The van der Waals surface area contributed by atoms with Gasteiger partial charge in [-0.3, -0.25) is 0 Å². The minimum Gasteiger partial charge on any atom is -0.123 e. The minimum atomic E-state index is 0.344. The van der Waals surface area contributed by atoms with Gasteiger partial charge in [-0.05, 0) is 19.3 Å². The third kappa shape index (κ3) is 4.77. The molecule has 0 spiro atoms. The van der Waals surface area contributed by atoms with Gasteiger partial charge in [0.25, 0.3) is 0 Å². The summed E-state index contributed by atoms with van der Waals surface area (Å²) in [4.78, 5) is 0. The van der Waals surface area contributed by atoms with E-state index in [1.165, 1.54) is 19.3 Å². The first-order valence-electron chi connectivity index (χ1n) is 3.82. The van der Waals surface area contributed by atoms with Crippen LogP contribution in [0.3, 0.4) is 0 Å². The van der Waals surface area contributed by atoms with Gasteiger partial charge < -0.3 is 0 Å². The first kappa shape index (κ1) is 9.29. The van der Waals surface area contributed by atoms with E-state index in [2.05, 4.69) is 20.8 Å². The van der Waals surface area contributed by atoms with Gasteiger partial charge in [0.05, 0.1) is 0 Å². The molecule has 0 aliphatic rings. The third-order valence-corrected chi connectivity index (χ3v) is 2.23. The van der Waals surface area contributed by atoms with Gasteiger partial charge in [0.15, 0.2) is 0 Å². The molecule has 0 N–H and O–H groups in total. The van der Waals surface area contributed by atoms with Crippen LogP contribution in [0.25, 0.3) is 0 Å². The topological polar surface area (TPSA) is 0 Å². The predicted molar refractivity (Wildman–Crippen MR) is 44.0 cm³/mol. The van der Waals surface area contributed by atoms with E-state index in [9.17, 15) is 0 Å². The summed E-state index contributed by atoms with van der Waals surface area (Å²) in [6.07, 6.45) is 3.88. The van der Waals surface area contributed by atoms with Crippen LogP contribution in [0.4, 0.5) is 0 Å². The number of unbranched alkanes of at least 4 members (excludes halogenated alkanes) is 1. The maximum atomic E-state index is 5.86. The van der Waals surface area contributed by atoms with Crippen LogP contribution >= 0.6 is 11.6 Å². The highest BCUT2D eigenvalue weighted by Gasteiger charge is 2.06. The Kier molecular flexibility index (Phi) is 5.27. The second-order valence-electron chi connectivity index (χ2n) is 2.80. The number of hydrogen-bond acceptors (Lipinski definition) is 0. The molecule has 1 heteroatoms. The van der Waals surface area contributed by atoms with Crippen LogP contribution in [0.2, 0.25) is 0 Å². The van der Waals surface area contributed by atoms with Crippen molar-refractivity contribution in [3.63, 3.8) is 0 Å². The largest absolute Gasteiger partial charge is 0.123 e. The van der Waals surface area contributed by atoms with E-state index in [1.807, 2.05) is 0 Å². The van der Waals surface area contributed by atoms with Crippen LogP contribution in [-0.2, 0) is 0 Å². The summed E-state index contributed by atoms with van der Waals surface area (Å²) in [5, 5.41) is 0.344. The van der Waals surface area contributed by atoms with Crippen molar-refractivity contribution >= 4 is 11.6 Å². The Morgan fingerprint density at radius 3 is 2.22 bits per heavy atom. The van der Waals surface area contributed by atoms with Gasteiger partial charge in [-0.15, -0.1) is 11.6 Å². The molecule has 0 heterocycles. The fraction of sp³-hybridized carbons (Fsp3) is 1.00. The second kappa shape index (κ2) is 5.10. The summed E-state index contributed by atoms with van der Waals surface area (Å²) < 4.78 is 0. The summed E-state index contributed by atoms with van der Waals surface area (Å²) in [6, 6.07) is 0. The normalized spacial score (nSPS) is 17.3. The summed E-state index contributed by atoms with van der Waals surface area (Å²) >= 11 is 5.86. The van der Waals surface area contributed by atoms with Crippen LogP contribution in [0.1, 0.15) is 40.0 Å². The molecule has 0 rings (SSSR count).